The second-order valence-electron chi connectivity index (χ2n) is 6.83. The third kappa shape index (κ3) is 3.61. The van der Waals surface area contributed by atoms with Crippen LogP contribution in [0.2, 0.25) is 0 Å². The van der Waals surface area contributed by atoms with Gasteiger partial charge in [-0.25, -0.2) is 4.79 Å². The van der Waals surface area contributed by atoms with Gasteiger partial charge in [-0.15, -0.1) is 0 Å². The molecule has 0 radical (unpaired) electrons. The number of nitrogens with zero attached hydrogens (tertiary/aromatic N) is 2. The van der Waals surface area contributed by atoms with Crippen molar-refractivity contribution < 1.29 is 19.0 Å². The van der Waals surface area contributed by atoms with Crippen molar-refractivity contribution in [2.75, 3.05) is 38.1 Å². The number of hydrogen-bond donors (Lipinski definition) is 1. The lowest BCUT2D eigenvalue weighted by Gasteiger charge is -2.20. The summed E-state index contributed by atoms with van der Waals surface area (Å²) in [6.45, 7) is 0.616. The number of aromatic nitrogens is 1. The number of pyridine rings is 1. The van der Waals surface area contributed by atoms with Crippen molar-refractivity contribution >= 4 is 17.4 Å². The topological polar surface area (TPSA) is 72.9 Å². The molecule has 30 heavy (non-hydrogen) atoms. The van der Waals surface area contributed by atoms with Crippen LogP contribution in [0.15, 0.2) is 54.9 Å². The van der Waals surface area contributed by atoms with Crippen LogP contribution in [0.1, 0.15) is 5.56 Å². The standard InChI is InChI=1S/C23H23N3O4/c1-28-20-13-18(14-21(29-2)22(20)30-3)25-23(27)26-11-8-17-12-16(4-5-19(17)26)15-6-9-24-10-7-15/h4-7,9-10,12-14H,8,11H2,1-3H3,(H,25,27). The van der Waals surface area contributed by atoms with Crippen molar-refractivity contribution in [3.8, 4) is 28.4 Å². The number of carbonyl (C=O) groups excluding carboxylic acids is 1. The van der Waals surface area contributed by atoms with E-state index in [0.29, 0.717) is 29.5 Å². The van der Waals surface area contributed by atoms with E-state index in [1.54, 1.807) is 50.8 Å². The number of ether oxygens (including phenoxy) is 3. The van der Waals surface area contributed by atoms with Crippen LogP contribution >= 0.6 is 0 Å². The van der Waals surface area contributed by atoms with E-state index in [-0.39, 0.29) is 6.03 Å². The first-order valence-electron chi connectivity index (χ1n) is 9.56. The van der Waals surface area contributed by atoms with E-state index in [1.165, 1.54) is 0 Å². The Balaban J connectivity index is 1.57. The number of anilines is 2. The number of urea groups is 1. The summed E-state index contributed by atoms with van der Waals surface area (Å²) in [4.78, 5) is 18.8. The highest BCUT2D eigenvalue weighted by atomic mass is 16.5. The van der Waals surface area contributed by atoms with Gasteiger partial charge in [0.1, 0.15) is 0 Å². The zero-order valence-electron chi connectivity index (χ0n) is 17.1. The predicted octanol–water partition coefficient (Wildman–Crippen LogP) is 4.37. The predicted molar refractivity (Wildman–Crippen MR) is 116 cm³/mol. The fourth-order valence-corrected chi connectivity index (χ4v) is 3.68. The van der Waals surface area contributed by atoms with E-state index in [0.717, 1.165) is 28.8 Å². The molecule has 7 nitrogen and oxygen atoms in total. The number of nitrogens with one attached hydrogen (secondary N) is 1. The average Bonchev–Trinajstić information content (AvgIpc) is 3.22. The monoisotopic (exact) mass is 405 g/mol. The van der Waals surface area contributed by atoms with Crippen LogP contribution < -0.4 is 24.4 Å². The molecule has 1 aliphatic rings. The lowest BCUT2D eigenvalue weighted by atomic mass is 10.0. The van der Waals surface area contributed by atoms with E-state index in [9.17, 15) is 4.79 Å². The van der Waals surface area contributed by atoms with Gasteiger partial charge in [0.2, 0.25) is 5.75 Å². The molecule has 154 valence electrons. The van der Waals surface area contributed by atoms with Gasteiger partial charge in [-0.2, -0.15) is 0 Å². The molecule has 0 aliphatic carbocycles. The molecule has 7 heteroatoms. The first-order chi connectivity index (χ1) is 14.6. The number of fused-ring (bicyclic) bond motifs is 1. The second kappa shape index (κ2) is 8.32. The minimum Gasteiger partial charge on any atom is -0.493 e. The van der Waals surface area contributed by atoms with E-state index in [4.69, 9.17) is 14.2 Å². The first kappa shape index (κ1) is 19.6. The number of hydrogen-bond acceptors (Lipinski definition) is 5. The Labute approximate surface area is 175 Å². The fraction of sp³-hybridized carbons (Fsp3) is 0.217. The highest BCUT2D eigenvalue weighted by Gasteiger charge is 2.25. The largest absolute Gasteiger partial charge is 0.493 e. The van der Waals surface area contributed by atoms with E-state index < -0.39 is 0 Å². The Bertz CT molecular complexity index is 1040. The van der Waals surface area contributed by atoms with E-state index >= 15 is 0 Å². The summed E-state index contributed by atoms with van der Waals surface area (Å²) in [7, 11) is 4.62. The highest BCUT2D eigenvalue weighted by molar-refractivity contribution is 6.03. The van der Waals surface area contributed by atoms with Crippen LogP contribution in [0, 0.1) is 0 Å². The maximum atomic E-state index is 13.0. The van der Waals surface area contributed by atoms with Gasteiger partial charge in [-0.3, -0.25) is 9.88 Å². The maximum Gasteiger partial charge on any atom is 0.326 e. The zero-order valence-corrected chi connectivity index (χ0v) is 17.1. The first-order valence-corrected chi connectivity index (χ1v) is 9.56. The van der Waals surface area contributed by atoms with Crippen molar-refractivity contribution in [3.05, 3.63) is 60.4 Å². The molecular formula is C23H23N3O4. The summed E-state index contributed by atoms with van der Waals surface area (Å²) in [6, 6.07) is 13.3. The van der Waals surface area contributed by atoms with Crippen LogP contribution in [0.25, 0.3) is 11.1 Å². The van der Waals surface area contributed by atoms with Gasteiger partial charge in [-0.05, 0) is 47.4 Å². The summed E-state index contributed by atoms with van der Waals surface area (Å²) in [5.41, 5.74) is 4.84. The molecule has 0 unspecified atom stereocenters. The molecule has 1 aliphatic heterocycles. The van der Waals surface area contributed by atoms with Gasteiger partial charge in [0.05, 0.1) is 27.0 Å². The Kier molecular flexibility index (Phi) is 5.43. The lowest BCUT2D eigenvalue weighted by molar-refractivity contribution is 0.257. The summed E-state index contributed by atoms with van der Waals surface area (Å²) >= 11 is 0. The van der Waals surface area contributed by atoms with Crippen LogP contribution in [-0.4, -0.2) is 38.9 Å². The van der Waals surface area contributed by atoms with Crippen LogP contribution in [-0.2, 0) is 6.42 Å². The molecular weight excluding hydrogens is 382 g/mol. The molecule has 0 saturated carbocycles. The van der Waals surface area contributed by atoms with Gasteiger partial charge in [0.15, 0.2) is 11.5 Å². The average molecular weight is 405 g/mol. The van der Waals surface area contributed by atoms with Gasteiger partial charge in [0.25, 0.3) is 0 Å². The van der Waals surface area contributed by atoms with E-state index in [2.05, 4.69) is 16.4 Å². The molecule has 0 spiro atoms. The maximum absolute atomic E-state index is 13.0. The number of methoxy groups -OCH3 is 3. The molecule has 3 aromatic rings. The molecule has 2 heterocycles. The molecule has 0 bridgehead atoms. The van der Waals surface area contributed by atoms with Crippen LogP contribution in [0.5, 0.6) is 17.2 Å². The highest BCUT2D eigenvalue weighted by Crippen LogP contribution is 2.40. The number of rotatable bonds is 5. The van der Waals surface area contributed by atoms with E-state index in [1.807, 2.05) is 24.3 Å². The summed E-state index contributed by atoms with van der Waals surface area (Å²) in [5, 5.41) is 2.93. The molecule has 0 fully saturated rings. The normalized spacial score (nSPS) is 12.3. The zero-order chi connectivity index (χ0) is 21.1. The Morgan fingerprint density at radius 1 is 0.933 bits per heavy atom. The van der Waals surface area contributed by atoms with Crippen LogP contribution in [0.3, 0.4) is 0 Å². The SMILES string of the molecule is COc1cc(NC(=O)N2CCc3cc(-c4ccncc4)ccc32)cc(OC)c1OC. The van der Waals surface area contributed by atoms with Crippen molar-refractivity contribution in [3.63, 3.8) is 0 Å². The lowest BCUT2D eigenvalue weighted by Crippen LogP contribution is -2.33. The number of benzene rings is 2. The smallest absolute Gasteiger partial charge is 0.326 e. The van der Waals surface area contributed by atoms with Gasteiger partial charge in [-0.1, -0.05) is 6.07 Å². The molecule has 1 N–H and O–H groups in total. The number of carbonyl (C=O) groups is 1. The summed E-state index contributed by atoms with van der Waals surface area (Å²) in [5.74, 6) is 1.44. The van der Waals surface area contributed by atoms with Crippen molar-refractivity contribution in [2.45, 2.75) is 6.42 Å². The second-order valence-corrected chi connectivity index (χ2v) is 6.83. The van der Waals surface area contributed by atoms with Gasteiger partial charge >= 0.3 is 6.03 Å². The van der Waals surface area contributed by atoms with Crippen molar-refractivity contribution in [1.82, 2.24) is 4.98 Å². The molecule has 0 atom stereocenters. The van der Waals surface area contributed by atoms with Crippen LogP contribution in [0.4, 0.5) is 16.2 Å². The van der Waals surface area contributed by atoms with Gasteiger partial charge in [0, 0.05) is 36.8 Å². The van der Waals surface area contributed by atoms with Crippen molar-refractivity contribution in [2.24, 2.45) is 0 Å². The Morgan fingerprint density at radius 2 is 1.63 bits per heavy atom. The molecule has 0 saturated heterocycles. The summed E-state index contributed by atoms with van der Waals surface area (Å²) < 4.78 is 16.1. The minimum absolute atomic E-state index is 0.209. The Hall–Kier alpha value is -3.74. The minimum atomic E-state index is -0.209. The fourth-order valence-electron chi connectivity index (χ4n) is 3.68. The molecule has 1 aromatic heterocycles. The van der Waals surface area contributed by atoms with Gasteiger partial charge < -0.3 is 19.5 Å². The quantitative estimate of drug-likeness (QED) is 0.682. The Morgan fingerprint density at radius 3 is 2.27 bits per heavy atom. The molecule has 2 aromatic carbocycles. The molecule has 2 amide bonds. The third-order valence-electron chi connectivity index (χ3n) is 5.15. The third-order valence-corrected chi connectivity index (χ3v) is 5.15. The van der Waals surface area contributed by atoms with Crippen molar-refractivity contribution in [1.29, 1.82) is 0 Å². The summed E-state index contributed by atoms with van der Waals surface area (Å²) in [6.07, 6.45) is 4.36. The molecule has 4 rings (SSSR count). The number of amides is 2.